The van der Waals surface area contributed by atoms with Crippen LogP contribution in [0.15, 0.2) is 54.6 Å². The Balaban J connectivity index is 1.28. The first-order valence-corrected chi connectivity index (χ1v) is 10.3. The van der Waals surface area contributed by atoms with Crippen LogP contribution in [0.5, 0.6) is 0 Å². The molecule has 1 fully saturated rings. The molecular formula is C22H21ClN6O. The first-order chi connectivity index (χ1) is 14.6. The average Bonchev–Trinajstić information content (AvgIpc) is 3.40. The zero-order chi connectivity index (χ0) is 20.7. The van der Waals surface area contributed by atoms with E-state index in [0.29, 0.717) is 23.8 Å². The number of para-hydroxylation sites is 1. The Morgan fingerprint density at radius 1 is 1.03 bits per heavy atom. The number of aromatic amines is 1. The molecule has 8 heteroatoms. The van der Waals surface area contributed by atoms with Crippen molar-refractivity contribution >= 4 is 34.2 Å². The molecule has 3 heterocycles. The van der Waals surface area contributed by atoms with Gasteiger partial charge >= 0.3 is 0 Å². The van der Waals surface area contributed by atoms with Gasteiger partial charge in [0.15, 0.2) is 11.5 Å². The highest BCUT2D eigenvalue weighted by atomic mass is 35.5. The van der Waals surface area contributed by atoms with Gasteiger partial charge in [0.05, 0.1) is 11.2 Å². The summed E-state index contributed by atoms with van der Waals surface area (Å²) >= 11 is 5.97. The normalized spacial score (nSPS) is 14.5. The Bertz CT molecular complexity index is 1200. The second-order valence-corrected chi connectivity index (χ2v) is 7.85. The fraction of sp³-hybridized carbons (Fsp3) is 0.227. The molecule has 7 nitrogen and oxygen atoms in total. The number of aromatic nitrogens is 4. The fourth-order valence-electron chi connectivity index (χ4n) is 3.91. The van der Waals surface area contributed by atoms with Crippen molar-refractivity contribution in [3.8, 4) is 11.3 Å². The lowest BCUT2D eigenvalue weighted by molar-refractivity contribution is 0.0741. The summed E-state index contributed by atoms with van der Waals surface area (Å²) in [5, 5.41) is 13.6. The zero-order valence-corrected chi connectivity index (χ0v) is 17.3. The van der Waals surface area contributed by atoms with Crippen LogP contribution in [0.4, 0.5) is 5.82 Å². The van der Waals surface area contributed by atoms with Crippen LogP contribution < -0.4 is 4.90 Å². The third-order valence-corrected chi connectivity index (χ3v) is 5.82. The van der Waals surface area contributed by atoms with Crippen LogP contribution in [0, 0.1) is 0 Å². The van der Waals surface area contributed by atoms with Gasteiger partial charge < -0.3 is 9.80 Å². The highest BCUT2D eigenvalue weighted by Crippen LogP contribution is 2.25. The molecule has 1 aliphatic rings. The summed E-state index contributed by atoms with van der Waals surface area (Å²) in [7, 11) is 1.87. The van der Waals surface area contributed by atoms with E-state index in [0.717, 1.165) is 41.1 Å². The Hall–Kier alpha value is -3.32. The molecule has 152 valence electrons. The third-order valence-electron chi connectivity index (χ3n) is 5.57. The fourth-order valence-corrected chi connectivity index (χ4v) is 4.04. The molecule has 30 heavy (non-hydrogen) atoms. The monoisotopic (exact) mass is 420 g/mol. The zero-order valence-electron chi connectivity index (χ0n) is 16.5. The van der Waals surface area contributed by atoms with Crippen molar-refractivity contribution in [2.24, 2.45) is 7.05 Å². The smallest absolute Gasteiger partial charge is 0.275 e. The molecule has 5 rings (SSSR count). The topological polar surface area (TPSA) is 70.1 Å². The molecular weight excluding hydrogens is 400 g/mol. The van der Waals surface area contributed by atoms with E-state index < -0.39 is 0 Å². The average molecular weight is 421 g/mol. The van der Waals surface area contributed by atoms with E-state index in [2.05, 4.69) is 20.2 Å². The molecule has 0 unspecified atom stereocenters. The minimum atomic E-state index is -0.0182. The standard InChI is InChI=1S/C22H21ClN6O/c1-27-19-5-3-2-4-17(19)21(26-27)22(30)29-12-10-28(11-13-29)20-14-18(24-25-20)15-6-8-16(23)9-7-15/h2-9,14H,10-13H2,1H3,(H,24,25). The number of piperazine rings is 1. The minimum Gasteiger partial charge on any atom is -0.352 e. The van der Waals surface area contributed by atoms with Gasteiger partial charge in [0, 0.05) is 49.7 Å². The maximum atomic E-state index is 13.1. The van der Waals surface area contributed by atoms with Crippen molar-refractivity contribution < 1.29 is 4.79 Å². The lowest BCUT2D eigenvalue weighted by Gasteiger charge is -2.34. The van der Waals surface area contributed by atoms with Crippen molar-refractivity contribution in [2.45, 2.75) is 0 Å². The molecule has 0 atom stereocenters. The van der Waals surface area contributed by atoms with Gasteiger partial charge in [-0.15, -0.1) is 0 Å². The molecule has 0 radical (unpaired) electrons. The van der Waals surface area contributed by atoms with Gasteiger partial charge in [-0.2, -0.15) is 10.2 Å². The first-order valence-electron chi connectivity index (χ1n) is 9.87. The van der Waals surface area contributed by atoms with Crippen molar-refractivity contribution in [1.82, 2.24) is 24.9 Å². The number of fused-ring (bicyclic) bond motifs is 1. The molecule has 0 bridgehead atoms. The minimum absolute atomic E-state index is 0.0182. The van der Waals surface area contributed by atoms with Crippen LogP contribution >= 0.6 is 11.6 Å². The second-order valence-electron chi connectivity index (χ2n) is 7.42. The molecule has 0 saturated carbocycles. The van der Waals surface area contributed by atoms with Crippen LogP contribution in [-0.2, 0) is 7.05 Å². The van der Waals surface area contributed by atoms with Crippen molar-refractivity contribution in [3.63, 3.8) is 0 Å². The van der Waals surface area contributed by atoms with Crippen LogP contribution in [0.1, 0.15) is 10.5 Å². The predicted molar refractivity (Wildman–Crippen MR) is 118 cm³/mol. The van der Waals surface area contributed by atoms with E-state index in [1.807, 2.05) is 66.5 Å². The number of nitrogens with zero attached hydrogens (tertiary/aromatic N) is 5. The molecule has 1 saturated heterocycles. The molecule has 1 amide bonds. The quantitative estimate of drug-likeness (QED) is 0.550. The van der Waals surface area contributed by atoms with E-state index in [1.165, 1.54) is 0 Å². The Kier molecular flexibility index (Phi) is 4.67. The lowest BCUT2D eigenvalue weighted by Crippen LogP contribution is -2.49. The summed E-state index contributed by atoms with van der Waals surface area (Å²) in [6.07, 6.45) is 0. The van der Waals surface area contributed by atoms with Crippen molar-refractivity contribution in [2.75, 3.05) is 31.1 Å². The number of carbonyl (C=O) groups excluding carboxylic acids is 1. The SMILES string of the molecule is Cn1nc(C(=O)N2CCN(c3cc(-c4ccc(Cl)cc4)[nH]n3)CC2)c2ccccc21. The molecule has 2 aromatic carbocycles. The van der Waals surface area contributed by atoms with E-state index in [9.17, 15) is 4.79 Å². The van der Waals surface area contributed by atoms with E-state index in [-0.39, 0.29) is 5.91 Å². The van der Waals surface area contributed by atoms with Gasteiger partial charge in [0.1, 0.15) is 0 Å². The van der Waals surface area contributed by atoms with Crippen LogP contribution in [0.25, 0.3) is 22.2 Å². The number of amides is 1. The number of hydrogen-bond acceptors (Lipinski definition) is 4. The van der Waals surface area contributed by atoms with E-state index >= 15 is 0 Å². The number of nitrogens with one attached hydrogen (secondary N) is 1. The van der Waals surface area contributed by atoms with Gasteiger partial charge in [-0.25, -0.2) is 0 Å². The van der Waals surface area contributed by atoms with E-state index in [1.54, 1.807) is 4.68 Å². The van der Waals surface area contributed by atoms with Crippen LogP contribution in [0.3, 0.4) is 0 Å². The summed E-state index contributed by atoms with van der Waals surface area (Å²) in [6, 6.07) is 17.5. The third kappa shape index (κ3) is 3.31. The van der Waals surface area contributed by atoms with Gasteiger partial charge in [0.25, 0.3) is 5.91 Å². The van der Waals surface area contributed by atoms with Gasteiger partial charge in [-0.1, -0.05) is 41.9 Å². The molecule has 0 aliphatic carbocycles. The van der Waals surface area contributed by atoms with Crippen molar-refractivity contribution in [3.05, 3.63) is 65.3 Å². The van der Waals surface area contributed by atoms with E-state index in [4.69, 9.17) is 11.6 Å². The highest BCUT2D eigenvalue weighted by Gasteiger charge is 2.26. The van der Waals surface area contributed by atoms with Gasteiger partial charge in [0.2, 0.25) is 0 Å². The summed E-state index contributed by atoms with van der Waals surface area (Å²) < 4.78 is 1.76. The lowest BCUT2D eigenvalue weighted by atomic mass is 10.1. The molecule has 2 aromatic heterocycles. The number of carbonyl (C=O) groups is 1. The maximum Gasteiger partial charge on any atom is 0.275 e. The van der Waals surface area contributed by atoms with Gasteiger partial charge in [-0.3, -0.25) is 14.6 Å². The largest absolute Gasteiger partial charge is 0.352 e. The summed E-state index contributed by atoms with van der Waals surface area (Å²) in [5.74, 6) is 0.866. The molecule has 4 aromatic rings. The number of rotatable bonds is 3. The Labute approximate surface area is 178 Å². The van der Waals surface area contributed by atoms with Crippen LogP contribution in [0.2, 0.25) is 5.02 Å². The summed E-state index contributed by atoms with van der Waals surface area (Å²) in [4.78, 5) is 17.1. The molecule has 1 aliphatic heterocycles. The highest BCUT2D eigenvalue weighted by molar-refractivity contribution is 6.30. The molecule has 0 spiro atoms. The number of halogens is 1. The first kappa shape index (κ1) is 18.7. The van der Waals surface area contributed by atoms with Crippen molar-refractivity contribution in [1.29, 1.82) is 0 Å². The number of benzene rings is 2. The Morgan fingerprint density at radius 2 is 1.77 bits per heavy atom. The van der Waals surface area contributed by atoms with Crippen LogP contribution in [-0.4, -0.2) is 57.0 Å². The summed E-state index contributed by atoms with van der Waals surface area (Å²) in [5.41, 5.74) is 3.46. The number of aryl methyl sites for hydroxylation is 1. The number of H-pyrrole nitrogens is 1. The second kappa shape index (κ2) is 7.50. The maximum absolute atomic E-state index is 13.1. The molecule has 1 N–H and O–H groups in total. The Morgan fingerprint density at radius 3 is 2.53 bits per heavy atom. The number of hydrogen-bond donors (Lipinski definition) is 1. The van der Waals surface area contributed by atoms with Gasteiger partial charge in [-0.05, 0) is 23.8 Å². The number of anilines is 1. The summed E-state index contributed by atoms with van der Waals surface area (Å²) in [6.45, 7) is 2.71. The predicted octanol–water partition coefficient (Wildman–Crippen LogP) is 3.58.